The quantitative estimate of drug-likeness (QED) is 0.0492. The Morgan fingerprint density at radius 3 is 1.79 bits per heavy atom. The fourth-order valence-electron chi connectivity index (χ4n) is 7.81. The van der Waals surface area contributed by atoms with Gasteiger partial charge in [-0.05, 0) is 79.3 Å². The maximum absolute atomic E-state index is 13.8. The molecule has 2 fully saturated rings. The number of hydrogen-bond donors (Lipinski definition) is 3. The van der Waals surface area contributed by atoms with Gasteiger partial charge in [0.2, 0.25) is 5.91 Å². The number of aliphatic hydroxyl groups is 2. The van der Waals surface area contributed by atoms with Gasteiger partial charge in [0, 0.05) is 71.6 Å². The first kappa shape index (κ1) is 45.9. The molecule has 21 nitrogen and oxygen atoms in total. The van der Waals surface area contributed by atoms with Crippen molar-refractivity contribution in [1.82, 2.24) is 15.1 Å². The third-order valence-electron chi connectivity index (χ3n) is 11.0. The van der Waals surface area contributed by atoms with Gasteiger partial charge >= 0.3 is 18.2 Å². The molecule has 7 atom stereocenters. The molecule has 0 bridgehead atoms. The molecular weight excluding hydrogens is 849 g/mol. The van der Waals surface area contributed by atoms with E-state index in [1.807, 2.05) is 6.92 Å². The summed E-state index contributed by atoms with van der Waals surface area (Å²) in [4.78, 5) is 88.0. The van der Waals surface area contributed by atoms with Gasteiger partial charge in [-0.1, -0.05) is 6.92 Å². The van der Waals surface area contributed by atoms with Crippen LogP contribution in [0.5, 0.6) is 0 Å². The maximum atomic E-state index is 13.8. The van der Waals surface area contributed by atoms with E-state index >= 15 is 0 Å². The SMILES string of the molecule is C[C@@H](O)[C@H]1C(=O)N2C(C(=O)OCc3ccc([N+](=O)[O-])cc3)=C(S[C@H]3C[C@@H](C[C@H](O)CCNC(=O)OCc4ccc([N+](=O)[O-])cc4)N(C(=O)OCc4ccc([N+](=O)[O-])cc4)C3)[C@H](C)[C@H]12. The number of rotatable bonds is 18. The number of nitrogens with one attached hydrogen (secondary N) is 1. The summed E-state index contributed by atoms with van der Waals surface area (Å²) in [5, 5.41) is 56.9. The number of alkyl carbamates (subject to hydrolysis) is 1. The molecule has 334 valence electrons. The molecule has 3 aromatic carbocycles. The van der Waals surface area contributed by atoms with Crippen molar-refractivity contribution in [2.75, 3.05) is 13.1 Å². The van der Waals surface area contributed by atoms with Crippen LogP contribution in [-0.4, -0.2) is 101 Å². The summed E-state index contributed by atoms with van der Waals surface area (Å²) in [6, 6.07) is 15.3. The number of thioether (sulfide) groups is 1. The first-order chi connectivity index (χ1) is 30.0. The molecule has 3 aliphatic heterocycles. The summed E-state index contributed by atoms with van der Waals surface area (Å²) in [5.74, 6) is -2.47. The zero-order valence-electron chi connectivity index (χ0n) is 34.0. The van der Waals surface area contributed by atoms with Crippen molar-refractivity contribution >= 4 is 52.9 Å². The second-order valence-corrected chi connectivity index (χ2v) is 16.7. The number of ether oxygens (including phenoxy) is 3. The number of carbonyl (C=O) groups excluding carboxylic acids is 4. The lowest BCUT2D eigenvalue weighted by molar-refractivity contribution is -0.385. The lowest BCUT2D eigenvalue weighted by atomic mass is 9.79. The van der Waals surface area contributed by atoms with Crippen LogP contribution in [0.4, 0.5) is 26.7 Å². The van der Waals surface area contributed by atoms with Gasteiger partial charge < -0.3 is 39.5 Å². The van der Waals surface area contributed by atoms with Crippen LogP contribution < -0.4 is 5.32 Å². The third kappa shape index (κ3) is 10.9. The number of nitrogens with zero attached hydrogens (tertiary/aromatic N) is 5. The van der Waals surface area contributed by atoms with Crippen LogP contribution in [0.15, 0.2) is 83.4 Å². The van der Waals surface area contributed by atoms with Crippen molar-refractivity contribution in [3.63, 3.8) is 0 Å². The average Bonchev–Trinajstić information content (AvgIpc) is 3.76. The van der Waals surface area contributed by atoms with Crippen LogP contribution in [0.2, 0.25) is 0 Å². The predicted molar refractivity (Wildman–Crippen MR) is 221 cm³/mol. The lowest BCUT2D eigenvalue weighted by Gasteiger charge is -2.46. The van der Waals surface area contributed by atoms with Gasteiger partial charge in [-0.2, -0.15) is 0 Å². The molecule has 0 radical (unpaired) electrons. The van der Waals surface area contributed by atoms with E-state index in [0.717, 1.165) is 0 Å². The van der Waals surface area contributed by atoms with E-state index in [9.17, 15) is 59.7 Å². The van der Waals surface area contributed by atoms with Gasteiger partial charge in [0.05, 0.1) is 38.9 Å². The van der Waals surface area contributed by atoms with E-state index in [2.05, 4.69) is 5.32 Å². The standard InChI is InChI=1S/C41H44N6O15S/c1-23-35-34(24(2)48)38(50)44(35)36(39(51)60-20-25-3-9-28(10-4-25)45(54)55)37(23)63-33-18-31(43(19-33)41(53)62-22-27-7-13-30(14-8-27)47(58)59)17-32(49)15-16-42-40(52)61-21-26-5-11-29(12-6-26)46(56)57/h3-14,23-24,31-35,48-49H,15-22H2,1-2H3,(H,42,52)/t23-,24-,31-,32-,33+,34-,35-/m1/s1. The molecule has 2 saturated heterocycles. The number of esters is 1. The molecule has 3 N–H and O–H groups in total. The van der Waals surface area contributed by atoms with Gasteiger partial charge in [0.25, 0.3) is 17.1 Å². The minimum Gasteiger partial charge on any atom is -0.456 e. The van der Waals surface area contributed by atoms with Crippen LogP contribution in [-0.2, 0) is 43.6 Å². The summed E-state index contributed by atoms with van der Waals surface area (Å²) >= 11 is 1.27. The van der Waals surface area contributed by atoms with Crippen molar-refractivity contribution < 1.29 is 58.4 Å². The number of likely N-dealkylation sites (tertiary alicyclic amines) is 1. The number of non-ortho nitro benzene ring substituents is 3. The number of benzene rings is 3. The van der Waals surface area contributed by atoms with Crippen molar-refractivity contribution in [3.8, 4) is 0 Å². The molecule has 3 aliphatic rings. The molecular formula is C41H44N6O15S. The highest BCUT2D eigenvalue weighted by atomic mass is 32.2. The van der Waals surface area contributed by atoms with Crippen LogP contribution in [0.25, 0.3) is 0 Å². The molecule has 22 heteroatoms. The first-order valence-corrected chi connectivity index (χ1v) is 20.7. The number of carbonyl (C=O) groups is 4. The summed E-state index contributed by atoms with van der Waals surface area (Å²) in [7, 11) is 0. The predicted octanol–water partition coefficient (Wildman–Crippen LogP) is 5.10. The van der Waals surface area contributed by atoms with Gasteiger partial charge in [-0.25, -0.2) is 14.4 Å². The summed E-state index contributed by atoms with van der Waals surface area (Å²) < 4.78 is 16.4. The number of fused-ring (bicyclic) bond motifs is 1. The normalized spacial score (nSPS) is 21.2. The Hall–Kier alpha value is -6.65. The van der Waals surface area contributed by atoms with Gasteiger partial charge in [-0.3, -0.25) is 35.1 Å². The monoisotopic (exact) mass is 892 g/mol. The largest absolute Gasteiger partial charge is 0.456 e. The fourth-order valence-corrected chi connectivity index (χ4v) is 9.37. The number of aliphatic hydroxyl groups excluding tert-OH is 2. The second-order valence-electron chi connectivity index (χ2n) is 15.3. The molecule has 0 aromatic heterocycles. The van der Waals surface area contributed by atoms with E-state index in [4.69, 9.17) is 14.2 Å². The molecule has 0 saturated carbocycles. The molecule has 0 spiro atoms. The number of nitro benzene ring substituents is 3. The number of β-lactam (4-membered cyclic amide) rings is 1. The molecule has 0 aliphatic carbocycles. The average molecular weight is 893 g/mol. The minimum absolute atomic E-state index is 0.00119. The topological polar surface area (TPSA) is 284 Å². The Kier molecular flexibility index (Phi) is 14.6. The molecule has 3 aromatic rings. The van der Waals surface area contributed by atoms with Crippen molar-refractivity contribution in [2.45, 2.75) is 82.5 Å². The molecule has 6 rings (SSSR count). The zero-order chi connectivity index (χ0) is 45.5. The molecule has 3 heterocycles. The second kappa shape index (κ2) is 20.0. The van der Waals surface area contributed by atoms with Crippen LogP contribution >= 0.6 is 11.8 Å². The van der Waals surface area contributed by atoms with Crippen LogP contribution in [0, 0.1) is 42.2 Å². The smallest absolute Gasteiger partial charge is 0.410 e. The summed E-state index contributed by atoms with van der Waals surface area (Å²) in [6.45, 7) is 2.81. The molecule has 63 heavy (non-hydrogen) atoms. The maximum Gasteiger partial charge on any atom is 0.410 e. The zero-order valence-corrected chi connectivity index (χ0v) is 34.8. The Bertz CT molecular complexity index is 2260. The van der Waals surface area contributed by atoms with E-state index in [1.54, 1.807) is 0 Å². The van der Waals surface area contributed by atoms with Crippen molar-refractivity contribution in [3.05, 3.63) is 130 Å². The minimum atomic E-state index is -1.03. The molecule has 3 amide bonds. The van der Waals surface area contributed by atoms with Crippen LogP contribution in [0.3, 0.4) is 0 Å². The van der Waals surface area contributed by atoms with Gasteiger partial charge in [-0.15, -0.1) is 11.8 Å². The fraction of sp³-hybridized carbons (Fsp3) is 0.415. The number of nitro groups is 3. The Balaban J connectivity index is 1.14. The van der Waals surface area contributed by atoms with E-state index in [0.29, 0.717) is 28.0 Å². The van der Waals surface area contributed by atoms with E-state index < -0.39 is 80.2 Å². The van der Waals surface area contributed by atoms with Gasteiger partial charge in [0.1, 0.15) is 25.5 Å². The highest BCUT2D eigenvalue weighted by Crippen LogP contribution is 2.52. The van der Waals surface area contributed by atoms with Crippen molar-refractivity contribution in [2.24, 2.45) is 11.8 Å². The molecule has 0 unspecified atom stereocenters. The summed E-state index contributed by atoms with van der Waals surface area (Å²) in [5.41, 5.74) is 1.10. The highest BCUT2D eigenvalue weighted by molar-refractivity contribution is 8.03. The number of amides is 3. The summed E-state index contributed by atoms with van der Waals surface area (Å²) in [6.07, 6.45) is -3.12. The third-order valence-corrected chi connectivity index (χ3v) is 12.5. The van der Waals surface area contributed by atoms with E-state index in [-0.39, 0.29) is 68.5 Å². The lowest BCUT2D eigenvalue weighted by Crippen LogP contribution is -2.63. The Morgan fingerprint density at radius 2 is 1.30 bits per heavy atom. The Labute approximate surface area is 363 Å². The van der Waals surface area contributed by atoms with Gasteiger partial charge in [0.15, 0.2) is 0 Å². The number of hydrogen-bond acceptors (Lipinski definition) is 16. The van der Waals surface area contributed by atoms with Crippen molar-refractivity contribution in [1.29, 1.82) is 0 Å². The van der Waals surface area contributed by atoms with Crippen LogP contribution in [0.1, 0.15) is 49.8 Å². The Morgan fingerprint density at radius 1 is 0.810 bits per heavy atom. The van der Waals surface area contributed by atoms with E-state index in [1.165, 1.54) is 101 Å². The first-order valence-electron chi connectivity index (χ1n) is 19.8. The highest BCUT2D eigenvalue weighted by Gasteiger charge is 2.60.